The summed E-state index contributed by atoms with van der Waals surface area (Å²) >= 11 is 0. The van der Waals surface area contributed by atoms with Gasteiger partial charge in [0.2, 0.25) is 0 Å². The van der Waals surface area contributed by atoms with Gasteiger partial charge in [0.25, 0.3) is 0 Å². The molecule has 0 aliphatic heterocycles. The number of rotatable bonds is 13. The number of hydrogen-bond donors (Lipinski definition) is 3. The van der Waals surface area contributed by atoms with Crippen molar-refractivity contribution >= 4 is 31.1 Å². The van der Waals surface area contributed by atoms with E-state index in [1.54, 1.807) is 19.3 Å². The zero-order valence-corrected chi connectivity index (χ0v) is 20.8. The predicted octanol–water partition coefficient (Wildman–Crippen LogP) is 5.19. The minimum absolute atomic E-state index is 0.594. The van der Waals surface area contributed by atoms with Crippen LogP contribution in [-0.2, 0) is 8.23 Å². The van der Waals surface area contributed by atoms with Gasteiger partial charge in [-0.25, -0.2) is 5.53 Å². The molecule has 0 saturated heterocycles. The van der Waals surface area contributed by atoms with E-state index in [0.717, 1.165) is 30.6 Å². The van der Waals surface area contributed by atoms with Crippen LogP contribution in [0.15, 0.2) is 54.3 Å². The molecular weight excluding hydrogens is 402 g/mol. The molecule has 1 atom stereocenters. The quantitative estimate of drug-likeness (QED) is 0.172. The first-order valence-electron chi connectivity index (χ1n) is 9.60. The highest BCUT2D eigenvalue weighted by Crippen LogP contribution is 2.26. The lowest BCUT2D eigenvalue weighted by atomic mass is 10.2. The lowest BCUT2D eigenvalue weighted by Crippen LogP contribution is -2.54. The van der Waals surface area contributed by atoms with Gasteiger partial charge in [-0.2, -0.15) is 5.11 Å². The molecule has 6 nitrogen and oxygen atoms in total. The van der Waals surface area contributed by atoms with Crippen LogP contribution in [0.2, 0.25) is 44.8 Å². The van der Waals surface area contributed by atoms with E-state index >= 15 is 0 Å². The summed E-state index contributed by atoms with van der Waals surface area (Å²) in [5.41, 5.74) is 8.87. The second kappa shape index (κ2) is 11.0. The molecular formula is C19H35N3O3Si3. The van der Waals surface area contributed by atoms with Crippen LogP contribution < -0.4 is 5.32 Å². The molecule has 1 rings (SSSR count). The molecule has 156 valence electrons. The van der Waals surface area contributed by atoms with Gasteiger partial charge in [0.05, 0.1) is 0 Å². The van der Waals surface area contributed by atoms with Crippen LogP contribution in [0.1, 0.15) is 12.0 Å². The molecule has 28 heavy (non-hydrogen) atoms. The van der Waals surface area contributed by atoms with Gasteiger partial charge in [0.1, 0.15) is 5.70 Å². The summed E-state index contributed by atoms with van der Waals surface area (Å²) in [6.07, 6.45) is 4.52. The molecule has 0 saturated carbocycles. The van der Waals surface area contributed by atoms with Crippen LogP contribution in [0.25, 0.3) is 5.70 Å². The Labute approximate surface area is 172 Å². The van der Waals surface area contributed by atoms with Gasteiger partial charge in [0, 0.05) is 18.3 Å². The molecule has 1 aromatic rings. The third kappa shape index (κ3) is 9.71. The second-order valence-corrected chi connectivity index (χ2v) is 19.3. The Bertz CT molecular complexity index is 663. The molecule has 0 amide bonds. The van der Waals surface area contributed by atoms with Crippen molar-refractivity contribution in [3.05, 3.63) is 54.8 Å². The number of nitrogens with zero attached hydrogens (tertiary/aromatic N) is 1. The smallest absolute Gasteiger partial charge is 0.320 e. The van der Waals surface area contributed by atoms with E-state index in [2.05, 4.69) is 36.7 Å². The largest absolute Gasteiger partial charge is 0.436 e. The van der Waals surface area contributed by atoms with Crippen molar-refractivity contribution in [2.24, 2.45) is 5.11 Å². The summed E-state index contributed by atoms with van der Waals surface area (Å²) in [6.45, 7) is 14.5. The van der Waals surface area contributed by atoms with Crippen LogP contribution in [0.4, 0.5) is 0 Å². The zero-order valence-electron chi connectivity index (χ0n) is 17.8. The Morgan fingerprint density at radius 1 is 1.18 bits per heavy atom. The molecule has 3 N–H and O–H groups in total. The molecule has 9 heteroatoms. The monoisotopic (exact) mass is 437 g/mol. The first-order chi connectivity index (χ1) is 13.0. The Balaban J connectivity index is 2.68. The molecule has 0 spiro atoms. The van der Waals surface area contributed by atoms with Crippen molar-refractivity contribution in [3.63, 3.8) is 0 Å². The van der Waals surface area contributed by atoms with Crippen molar-refractivity contribution in [1.29, 1.82) is 5.53 Å². The van der Waals surface area contributed by atoms with E-state index in [0.29, 0.717) is 5.70 Å². The third-order valence-corrected chi connectivity index (χ3v) is 14.2. The fourth-order valence-electron chi connectivity index (χ4n) is 3.09. The van der Waals surface area contributed by atoms with E-state index in [-0.39, 0.29) is 0 Å². The van der Waals surface area contributed by atoms with Crippen LogP contribution in [0.3, 0.4) is 0 Å². The lowest BCUT2D eigenvalue weighted by molar-refractivity contribution is 0.317. The van der Waals surface area contributed by atoms with Crippen molar-refractivity contribution in [3.8, 4) is 0 Å². The van der Waals surface area contributed by atoms with Gasteiger partial charge in [-0.05, 0) is 51.2 Å². The molecule has 0 fully saturated rings. The fraction of sp³-hybridized carbons (Fsp3) is 0.474. The number of hydrogen-bond acceptors (Lipinski definition) is 6. The van der Waals surface area contributed by atoms with E-state index in [1.807, 2.05) is 36.4 Å². The second-order valence-electron chi connectivity index (χ2n) is 8.10. The summed E-state index contributed by atoms with van der Waals surface area (Å²) < 4.78 is 12.7. The molecule has 0 heterocycles. The fourth-order valence-corrected chi connectivity index (χ4v) is 15.2. The Morgan fingerprint density at radius 2 is 1.82 bits per heavy atom. The summed E-state index contributed by atoms with van der Waals surface area (Å²) in [6, 6.07) is 11.3. The van der Waals surface area contributed by atoms with Crippen molar-refractivity contribution in [1.82, 2.24) is 5.32 Å². The third-order valence-electron chi connectivity index (χ3n) is 3.97. The van der Waals surface area contributed by atoms with E-state index < -0.39 is 25.4 Å². The van der Waals surface area contributed by atoms with Crippen LogP contribution in [0.5, 0.6) is 0 Å². The molecule has 1 aromatic carbocycles. The van der Waals surface area contributed by atoms with Crippen LogP contribution in [-0.4, -0.2) is 36.8 Å². The molecule has 0 aliphatic carbocycles. The van der Waals surface area contributed by atoms with Gasteiger partial charge in [-0.15, -0.1) is 6.58 Å². The van der Waals surface area contributed by atoms with Crippen molar-refractivity contribution < 1.29 is 13.0 Å². The maximum Gasteiger partial charge on any atom is 0.320 e. The minimum atomic E-state index is -2.69. The van der Waals surface area contributed by atoms with Crippen molar-refractivity contribution in [2.45, 2.75) is 51.2 Å². The zero-order chi connectivity index (χ0) is 21.3. The Hall–Kier alpha value is -1.37. The molecule has 0 aliphatic rings. The summed E-state index contributed by atoms with van der Waals surface area (Å²) in [5, 5.41) is 6.84. The SMILES string of the molecule is C=CC[Si](C)(C)O[Si](C)(CCCN/C=C(\N=N)c1ccccc1)O[Si](C)(C)O. The van der Waals surface area contributed by atoms with Crippen LogP contribution >= 0.6 is 0 Å². The number of benzene rings is 1. The van der Waals surface area contributed by atoms with Gasteiger partial charge >= 0.3 is 17.1 Å². The van der Waals surface area contributed by atoms with E-state index in [1.165, 1.54) is 0 Å². The topological polar surface area (TPSA) is 86.9 Å². The summed E-state index contributed by atoms with van der Waals surface area (Å²) in [5.74, 6) is 0. The van der Waals surface area contributed by atoms with Gasteiger partial charge in [-0.1, -0.05) is 36.4 Å². The van der Waals surface area contributed by atoms with Gasteiger partial charge < -0.3 is 18.3 Å². The maximum atomic E-state index is 10.3. The molecule has 0 aromatic heterocycles. The highest BCUT2D eigenvalue weighted by molar-refractivity contribution is 6.86. The lowest BCUT2D eigenvalue weighted by Gasteiger charge is -2.38. The van der Waals surface area contributed by atoms with Crippen molar-refractivity contribution in [2.75, 3.05) is 6.54 Å². The average Bonchev–Trinajstić information content (AvgIpc) is 2.56. The molecule has 0 bridgehead atoms. The molecule has 1 unspecified atom stereocenters. The average molecular weight is 438 g/mol. The highest BCUT2D eigenvalue weighted by atomic mass is 28.5. The minimum Gasteiger partial charge on any atom is -0.436 e. The van der Waals surface area contributed by atoms with Gasteiger partial charge in [-0.3, -0.25) is 0 Å². The van der Waals surface area contributed by atoms with Gasteiger partial charge in [0.15, 0.2) is 8.32 Å². The first kappa shape index (κ1) is 24.7. The number of nitrogens with one attached hydrogen (secondary N) is 2. The van der Waals surface area contributed by atoms with E-state index in [9.17, 15) is 4.80 Å². The summed E-state index contributed by atoms with van der Waals surface area (Å²) in [4.78, 5) is 10.3. The predicted molar refractivity (Wildman–Crippen MR) is 123 cm³/mol. The van der Waals surface area contributed by atoms with Crippen LogP contribution in [0, 0.1) is 5.53 Å². The summed E-state index contributed by atoms with van der Waals surface area (Å²) in [7, 11) is -7.11. The normalized spacial score (nSPS) is 15.0. The highest BCUT2D eigenvalue weighted by Gasteiger charge is 2.42. The van der Waals surface area contributed by atoms with E-state index in [4.69, 9.17) is 13.8 Å². The Kier molecular flexibility index (Phi) is 9.67. The first-order valence-corrected chi connectivity index (χ1v) is 18.1. The Morgan fingerprint density at radius 3 is 2.36 bits per heavy atom. The standard InChI is InChI=1S/C19H35N3O3Si3/c1-7-15-26(2,3)24-28(6,25-27(4,5)23)16-11-14-21-17-19(22-20)18-12-9-8-10-13-18/h7-10,12-13,17,20-21,23H,1,11,14-16H2,2-6H3/b19-17-,22-20?. The maximum absolute atomic E-state index is 10.3. The molecule has 0 radical (unpaired) electrons. The number of allylic oxidation sites excluding steroid dienone is 1.